The Hall–Kier alpha value is -1.74. The van der Waals surface area contributed by atoms with Crippen LogP contribution in [0, 0.1) is 5.92 Å². The molecule has 1 amide bonds. The number of alkyl halides is 5. The summed E-state index contributed by atoms with van der Waals surface area (Å²) in [6, 6.07) is 0. The van der Waals surface area contributed by atoms with Gasteiger partial charge >= 0.3 is 18.2 Å². The molecule has 1 atom stereocenters. The van der Waals surface area contributed by atoms with Crippen LogP contribution in [0.2, 0.25) is 0 Å². The number of Topliss-reactive ketones (excluding diaryl/α,β-unsaturated/α-hetero) is 2. The van der Waals surface area contributed by atoms with Crippen LogP contribution in [-0.4, -0.2) is 53.3 Å². The fourth-order valence-corrected chi connectivity index (χ4v) is 1.91. The fourth-order valence-electron chi connectivity index (χ4n) is 1.91. The largest absolute Gasteiger partial charge is 0.461 e. The first-order chi connectivity index (χ1) is 10.2. The van der Waals surface area contributed by atoms with E-state index in [0.29, 0.717) is 0 Å². The summed E-state index contributed by atoms with van der Waals surface area (Å²) in [5.74, 6) is -11.5. The van der Waals surface area contributed by atoms with Crippen molar-refractivity contribution in [3.63, 3.8) is 0 Å². The molecule has 1 rings (SSSR count). The van der Waals surface area contributed by atoms with Crippen molar-refractivity contribution >= 4 is 17.7 Å². The molecule has 0 aromatic heterocycles. The lowest BCUT2D eigenvalue weighted by molar-refractivity contribution is -0.270. The molecule has 0 aromatic carbocycles. The lowest BCUT2D eigenvalue weighted by Gasteiger charge is -2.34. The van der Waals surface area contributed by atoms with E-state index in [0.717, 1.165) is 4.90 Å². The molecular formula is C13H16F5NO4. The predicted molar refractivity (Wildman–Crippen MR) is 66.9 cm³/mol. The lowest BCUT2D eigenvalue weighted by Crippen LogP contribution is -2.55. The van der Waals surface area contributed by atoms with E-state index in [-0.39, 0.29) is 6.54 Å². The first-order valence-corrected chi connectivity index (χ1v) is 6.66. The smallest absolute Gasteiger partial charge is 0.444 e. The summed E-state index contributed by atoms with van der Waals surface area (Å²) >= 11 is 0. The van der Waals surface area contributed by atoms with Gasteiger partial charge in [-0.25, -0.2) is 4.79 Å². The number of hydrogen-bond acceptors (Lipinski definition) is 4. The molecule has 0 radical (unpaired) electrons. The third kappa shape index (κ3) is 4.38. The molecule has 0 aliphatic carbocycles. The normalized spacial score (nSPS) is 20.4. The number of ether oxygens (including phenoxy) is 1. The summed E-state index contributed by atoms with van der Waals surface area (Å²) in [6.07, 6.45) is -7.58. The molecule has 0 saturated carbocycles. The predicted octanol–water partition coefficient (Wildman–Crippen LogP) is 2.58. The van der Waals surface area contributed by atoms with E-state index >= 15 is 0 Å². The number of halogens is 5. The van der Waals surface area contributed by atoms with E-state index in [1.807, 2.05) is 0 Å². The van der Waals surface area contributed by atoms with Crippen molar-refractivity contribution in [3.8, 4) is 0 Å². The van der Waals surface area contributed by atoms with Gasteiger partial charge in [-0.05, 0) is 20.8 Å². The summed E-state index contributed by atoms with van der Waals surface area (Å²) in [7, 11) is 0. The molecule has 5 nitrogen and oxygen atoms in total. The monoisotopic (exact) mass is 345 g/mol. The van der Waals surface area contributed by atoms with Gasteiger partial charge in [-0.3, -0.25) is 9.59 Å². The standard InChI is InChI=1S/C13H16F5NO4/c1-11(2,3)23-10(22)19-5-4-8(20)7(6-19)9(21)12(14,15)13(16,17)18/h7H,4-6H2,1-3H3. The van der Waals surface area contributed by atoms with Crippen molar-refractivity contribution < 1.29 is 41.1 Å². The maximum absolute atomic E-state index is 13.1. The van der Waals surface area contributed by atoms with Crippen molar-refractivity contribution in [2.24, 2.45) is 5.92 Å². The van der Waals surface area contributed by atoms with Crippen LogP contribution >= 0.6 is 0 Å². The zero-order chi connectivity index (χ0) is 18.2. The van der Waals surface area contributed by atoms with Gasteiger partial charge in [0, 0.05) is 19.5 Å². The van der Waals surface area contributed by atoms with Crippen molar-refractivity contribution in [1.82, 2.24) is 4.90 Å². The number of likely N-dealkylation sites (tertiary alicyclic amines) is 1. The Kier molecular flexibility index (Phi) is 5.07. The second-order valence-corrected chi connectivity index (χ2v) is 6.13. The third-order valence-electron chi connectivity index (χ3n) is 3.05. The molecule has 0 spiro atoms. The maximum atomic E-state index is 13.1. The summed E-state index contributed by atoms with van der Waals surface area (Å²) < 4.78 is 68.0. The highest BCUT2D eigenvalue weighted by Crippen LogP contribution is 2.38. The number of piperidine rings is 1. The Labute approximate surface area is 128 Å². The van der Waals surface area contributed by atoms with Crippen molar-refractivity contribution in [1.29, 1.82) is 0 Å². The van der Waals surface area contributed by atoms with E-state index in [9.17, 15) is 36.3 Å². The summed E-state index contributed by atoms with van der Waals surface area (Å²) in [5.41, 5.74) is -0.923. The number of rotatable bonds is 2. The minimum absolute atomic E-state index is 0.213. The number of carbonyl (C=O) groups is 3. The molecule has 132 valence electrons. The number of carbonyl (C=O) groups excluding carboxylic acids is 3. The van der Waals surface area contributed by atoms with E-state index in [1.165, 1.54) is 20.8 Å². The average molecular weight is 345 g/mol. The van der Waals surface area contributed by atoms with Crippen LogP contribution < -0.4 is 0 Å². The Morgan fingerprint density at radius 1 is 1.13 bits per heavy atom. The Balaban J connectivity index is 2.93. The van der Waals surface area contributed by atoms with E-state index in [2.05, 4.69) is 0 Å². The molecule has 0 bridgehead atoms. The van der Waals surface area contributed by atoms with Gasteiger partial charge in [-0.1, -0.05) is 0 Å². The van der Waals surface area contributed by atoms with Crippen molar-refractivity contribution in [2.75, 3.05) is 13.1 Å². The van der Waals surface area contributed by atoms with Gasteiger partial charge in [-0.15, -0.1) is 0 Å². The summed E-state index contributed by atoms with van der Waals surface area (Å²) in [5, 5.41) is 0. The topological polar surface area (TPSA) is 63.7 Å². The second kappa shape index (κ2) is 6.04. The molecular weight excluding hydrogens is 329 g/mol. The molecule has 1 aliphatic heterocycles. The average Bonchev–Trinajstić information content (AvgIpc) is 2.34. The van der Waals surface area contributed by atoms with Gasteiger partial charge in [0.1, 0.15) is 17.3 Å². The van der Waals surface area contributed by atoms with Crippen LogP contribution in [0.25, 0.3) is 0 Å². The van der Waals surface area contributed by atoms with E-state index < -0.39 is 54.2 Å². The Morgan fingerprint density at radius 2 is 1.65 bits per heavy atom. The number of hydrogen-bond donors (Lipinski definition) is 0. The molecule has 1 heterocycles. The Bertz CT molecular complexity index is 509. The number of nitrogens with zero attached hydrogens (tertiary/aromatic N) is 1. The van der Waals surface area contributed by atoms with Gasteiger partial charge in [-0.2, -0.15) is 22.0 Å². The first kappa shape index (κ1) is 19.3. The SMILES string of the molecule is CC(C)(C)OC(=O)N1CCC(=O)C(C(=O)C(F)(F)C(F)(F)F)C1. The van der Waals surface area contributed by atoms with Gasteiger partial charge in [0.25, 0.3) is 0 Å². The van der Waals surface area contributed by atoms with Gasteiger partial charge in [0.15, 0.2) is 0 Å². The third-order valence-corrected chi connectivity index (χ3v) is 3.05. The summed E-state index contributed by atoms with van der Waals surface area (Å²) in [6.45, 7) is 3.51. The highest BCUT2D eigenvalue weighted by atomic mass is 19.4. The molecule has 1 unspecified atom stereocenters. The highest BCUT2D eigenvalue weighted by molar-refractivity contribution is 6.06. The molecule has 10 heteroatoms. The second-order valence-electron chi connectivity index (χ2n) is 6.13. The van der Waals surface area contributed by atoms with Gasteiger partial charge in [0.2, 0.25) is 5.78 Å². The maximum Gasteiger partial charge on any atom is 0.461 e. The quantitative estimate of drug-likeness (QED) is 0.570. The van der Waals surface area contributed by atoms with E-state index in [4.69, 9.17) is 4.74 Å². The summed E-state index contributed by atoms with van der Waals surface area (Å²) in [4.78, 5) is 35.6. The van der Waals surface area contributed by atoms with Crippen LogP contribution in [0.3, 0.4) is 0 Å². The van der Waals surface area contributed by atoms with Crippen LogP contribution in [0.15, 0.2) is 0 Å². The molecule has 1 fully saturated rings. The fraction of sp³-hybridized carbons (Fsp3) is 0.769. The van der Waals surface area contributed by atoms with Crippen LogP contribution in [0.1, 0.15) is 27.2 Å². The zero-order valence-electron chi connectivity index (χ0n) is 12.7. The van der Waals surface area contributed by atoms with Crippen molar-refractivity contribution in [2.45, 2.75) is 44.9 Å². The minimum Gasteiger partial charge on any atom is -0.444 e. The van der Waals surface area contributed by atoms with Crippen molar-refractivity contribution in [3.05, 3.63) is 0 Å². The number of ketones is 2. The van der Waals surface area contributed by atoms with Crippen LogP contribution in [0.5, 0.6) is 0 Å². The molecule has 1 aliphatic rings. The van der Waals surface area contributed by atoms with Crippen LogP contribution in [0.4, 0.5) is 26.7 Å². The van der Waals surface area contributed by atoms with Crippen LogP contribution in [-0.2, 0) is 14.3 Å². The van der Waals surface area contributed by atoms with Gasteiger partial charge in [0.05, 0.1) is 0 Å². The lowest BCUT2D eigenvalue weighted by atomic mass is 9.89. The zero-order valence-corrected chi connectivity index (χ0v) is 12.7. The molecule has 1 saturated heterocycles. The minimum atomic E-state index is -6.10. The molecule has 0 N–H and O–H groups in total. The molecule has 23 heavy (non-hydrogen) atoms. The van der Waals surface area contributed by atoms with Gasteiger partial charge < -0.3 is 9.64 Å². The molecule has 0 aromatic rings. The van der Waals surface area contributed by atoms with E-state index in [1.54, 1.807) is 0 Å². The highest BCUT2D eigenvalue weighted by Gasteiger charge is 2.65. The first-order valence-electron chi connectivity index (χ1n) is 6.66. The Morgan fingerprint density at radius 3 is 2.09 bits per heavy atom. The number of amides is 1.